The van der Waals surface area contributed by atoms with Crippen LogP contribution in [0, 0.1) is 0 Å². The lowest BCUT2D eigenvalue weighted by Crippen LogP contribution is -2.22. The molecule has 0 aliphatic carbocycles. The Labute approximate surface area is 116 Å². The Bertz CT molecular complexity index is 638. The monoisotopic (exact) mass is 278 g/mol. The Morgan fingerprint density at radius 1 is 1.42 bits per heavy atom. The van der Waals surface area contributed by atoms with Crippen LogP contribution in [-0.2, 0) is 9.53 Å². The number of ether oxygens (including phenoxy) is 1. The van der Waals surface area contributed by atoms with Gasteiger partial charge in [0.2, 0.25) is 0 Å². The fourth-order valence-electron chi connectivity index (χ4n) is 1.59. The van der Waals surface area contributed by atoms with Crippen LogP contribution in [0.25, 0.3) is 17.2 Å². The van der Waals surface area contributed by atoms with E-state index in [1.807, 2.05) is 26.8 Å². The SMILES string of the molecule is CC(C)(C)OC(=O)/C=C/n1cnc2ccc(Cl)cc21. The van der Waals surface area contributed by atoms with Crippen molar-refractivity contribution in [2.24, 2.45) is 0 Å². The van der Waals surface area contributed by atoms with Gasteiger partial charge < -0.3 is 9.30 Å². The van der Waals surface area contributed by atoms with Crippen molar-refractivity contribution in [3.63, 3.8) is 0 Å². The van der Waals surface area contributed by atoms with Crippen LogP contribution in [0.5, 0.6) is 0 Å². The quantitative estimate of drug-likeness (QED) is 0.624. The summed E-state index contributed by atoms with van der Waals surface area (Å²) in [7, 11) is 0. The lowest BCUT2D eigenvalue weighted by molar-refractivity contribution is -0.148. The number of halogens is 1. The number of carbonyl (C=O) groups excluding carboxylic acids is 1. The molecule has 0 spiro atoms. The summed E-state index contributed by atoms with van der Waals surface area (Å²) in [5.41, 5.74) is 1.16. The highest BCUT2D eigenvalue weighted by molar-refractivity contribution is 6.31. The summed E-state index contributed by atoms with van der Waals surface area (Å²) in [5.74, 6) is -0.392. The third-order valence-corrected chi connectivity index (χ3v) is 2.55. The molecule has 0 N–H and O–H groups in total. The second-order valence-electron chi connectivity index (χ2n) is 5.13. The van der Waals surface area contributed by atoms with E-state index in [0.717, 1.165) is 11.0 Å². The van der Waals surface area contributed by atoms with Gasteiger partial charge in [0.25, 0.3) is 0 Å². The van der Waals surface area contributed by atoms with Gasteiger partial charge in [0.1, 0.15) is 5.60 Å². The molecule has 0 saturated heterocycles. The molecule has 5 heteroatoms. The third-order valence-electron chi connectivity index (χ3n) is 2.31. The van der Waals surface area contributed by atoms with Crippen molar-refractivity contribution in [2.75, 3.05) is 0 Å². The van der Waals surface area contributed by atoms with Crippen molar-refractivity contribution < 1.29 is 9.53 Å². The van der Waals surface area contributed by atoms with E-state index in [2.05, 4.69) is 4.98 Å². The van der Waals surface area contributed by atoms with E-state index in [1.54, 1.807) is 29.2 Å². The average Bonchev–Trinajstić information content (AvgIpc) is 2.66. The van der Waals surface area contributed by atoms with Crippen LogP contribution in [0.2, 0.25) is 5.02 Å². The summed E-state index contributed by atoms with van der Waals surface area (Å²) in [6.45, 7) is 5.47. The maximum Gasteiger partial charge on any atom is 0.332 e. The molecule has 0 saturated carbocycles. The maximum atomic E-state index is 11.6. The number of hydrogen-bond donors (Lipinski definition) is 0. The molecule has 0 fully saturated rings. The van der Waals surface area contributed by atoms with Gasteiger partial charge in [-0.1, -0.05) is 11.6 Å². The van der Waals surface area contributed by atoms with Gasteiger partial charge in [-0.25, -0.2) is 9.78 Å². The van der Waals surface area contributed by atoms with Gasteiger partial charge in [-0.05, 0) is 39.0 Å². The second kappa shape index (κ2) is 5.05. The zero-order valence-electron chi connectivity index (χ0n) is 11.1. The van der Waals surface area contributed by atoms with Crippen molar-refractivity contribution in [1.82, 2.24) is 9.55 Å². The molecule has 0 radical (unpaired) electrons. The normalized spacial score (nSPS) is 12.2. The Kier molecular flexibility index (Phi) is 3.62. The maximum absolute atomic E-state index is 11.6. The van der Waals surface area contributed by atoms with Crippen molar-refractivity contribution in [3.05, 3.63) is 35.6 Å². The Morgan fingerprint density at radius 2 is 2.16 bits per heavy atom. The summed E-state index contributed by atoms with van der Waals surface area (Å²) in [5, 5.41) is 0.625. The Morgan fingerprint density at radius 3 is 2.84 bits per heavy atom. The molecule has 2 aromatic rings. The minimum atomic E-state index is -0.498. The minimum absolute atomic E-state index is 0.392. The van der Waals surface area contributed by atoms with Crippen LogP contribution in [0.4, 0.5) is 0 Å². The van der Waals surface area contributed by atoms with Gasteiger partial charge in [-0.15, -0.1) is 0 Å². The number of aromatic nitrogens is 2. The number of hydrogen-bond acceptors (Lipinski definition) is 3. The Hall–Kier alpha value is -1.81. The molecule has 1 heterocycles. The highest BCUT2D eigenvalue weighted by atomic mass is 35.5. The van der Waals surface area contributed by atoms with Crippen LogP contribution in [0.3, 0.4) is 0 Å². The highest BCUT2D eigenvalue weighted by Gasteiger charge is 2.13. The molecule has 0 amide bonds. The molecule has 0 aliphatic rings. The molecule has 0 aliphatic heterocycles. The fourth-order valence-corrected chi connectivity index (χ4v) is 1.76. The number of esters is 1. The van der Waals surface area contributed by atoms with Crippen molar-refractivity contribution >= 4 is 34.8 Å². The first-order chi connectivity index (χ1) is 8.85. The summed E-state index contributed by atoms with van der Waals surface area (Å²) < 4.78 is 6.91. The molecule has 19 heavy (non-hydrogen) atoms. The number of rotatable bonds is 2. The predicted molar refractivity (Wildman–Crippen MR) is 75.9 cm³/mol. The van der Waals surface area contributed by atoms with E-state index in [1.165, 1.54) is 6.08 Å². The van der Waals surface area contributed by atoms with Gasteiger partial charge in [-0.2, -0.15) is 0 Å². The molecule has 4 nitrogen and oxygen atoms in total. The third kappa shape index (κ3) is 3.58. The zero-order chi connectivity index (χ0) is 14.0. The van der Waals surface area contributed by atoms with Crippen molar-refractivity contribution in [2.45, 2.75) is 26.4 Å². The van der Waals surface area contributed by atoms with Crippen LogP contribution in [0.15, 0.2) is 30.6 Å². The van der Waals surface area contributed by atoms with E-state index >= 15 is 0 Å². The van der Waals surface area contributed by atoms with Gasteiger partial charge in [0.15, 0.2) is 0 Å². The first kappa shape index (κ1) is 13.6. The van der Waals surface area contributed by atoms with E-state index in [4.69, 9.17) is 16.3 Å². The number of fused-ring (bicyclic) bond motifs is 1. The topological polar surface area (TPSA) is 44.1 Å². The molecular formula is C14H15ClN2O2. The molecule has 1 aromatic carbocycles. The average molecular weight is 279 g/mol. The number of carbonyl (C=O) groups is 1. The van der Waals surface area contributed by atoms with E-state index in [0.29, 0.717) is 5.02 Å². The summed E-state index contributed by atoms with van der Waals surface area (Å²) in [6.07, 6.45) is 4.61. The van der Waals surface area contributed by atoms with Gasteiger partial charge >= 0.3 is 5.97 Å². The zero-order valence-corrected chi connectivity index (χ0v) is 11.8. The van der Waals surface area contributed by atoms with Crippen LogP contribution >= 0.6 is 11.6 Å². The number of imidazole rings is 1. The minimum Gasteiger partial charge on any atom is -0.457 e. The summed E-state index contributed by atoms with van der Waals surface area (Å²) in [4.78, 5) is 15.8. The van der Waals surface area contributed by atoms with Crippen LogP contribution < -0.4 is 0 Å². The van der Waals surface area contributed by atoms with Gasteiger partial charge in [0.05, 0.1) is 17.4 Å². The second-order valence-corrected chi connectivity index (χ2v) is 5.57. The number of nitrogens with zero attached hydrogens (tertiary/aromatic N) is 2. The lowest BCUT2D eigenvalue weighted by atomic mass is 10.2. The van der Waals surface area contributed by atoms with E-state index in [9.17, 15) is 4.79 Å². The first-order valence-electron chi connectivity index (χ1n) is 5.88. The molecule has 0 bridgehead atoms. The molecular weight excluding hydrogens is 264 g/mol. The molecule has 1 aromatic heterocycles. The first-order valence-corrected chi connectivity index (χ1v) is 6.26. The number of benzene rings is 1. The predicted octanol–water partition coefficient (Wildman–Crippen LogP) is 3.50. The summed E-state index contributed by atoms with van der Waals surface area (Å²) >= 11 is 5.94. The molecule has 0 atom stereocenters. The highest BCUT2D eigenvalue weighted by Crippen LogP contribution is 2.18. The lowest BCUT2D eigenvalue weighted by Gasteiger charge is -2.17. The smallest absolute Gasteiger partial charge is 0.332 e. The van der Waals surface area contributed by atoms with Gasteiger partial charge in [-0.3, -0.25) is 0 Å². The largest absolute Gasteiger partial charge is 0.457 e. The van der Waals surface area contributed by atoms with Crippen LogP contribution in [0.1, 0.15) is 20.8 Å². The summed E-state index contributed by atoms with van der Waals surface area (Å²) in [6, 6.07) is 5.40. The van der Waals surface area contributed by atoms with E-state index < -0.39 is 11.6 Å². The van der Waals surface area contributed by atoms with Crippen LogP contribution in [-0.4, -0.2) is 21.1 Å². The van der Waals surface area contributed by atoms with E-state index in [-0.39, 0.29) is 0 Å². The standard InChI is InChI=1S/C14H15ClN2O2/c1-14(2,3)19-13(18)6-7-17-9-16-11-5-4-10(15)8-12(11)17/h4-9H,1-3H3/b7-6+. The van der Waals surface area contributed by atoms with Crippen molar-refractivity contribution in [1.29, 1.82) is 0 Å². The molecule has 100 valence electrons. The van der Waals surface area contributed by atoms with Crippen molar-refractivity contribution in [3.8, 4) is 0 Å². The fraction of sp³-hybridized carbons (Fsp3) is 0.286. The molecule has 0 unspecified atom stereocenters. The van der Waals surface area contributed by atoms with Gasteiger partial charge in [0, 0.05) is 17.3 Å². The Balaban J connectivity index is 2.22. The molecule has 2 rings (SSSR count).